The van der Waals surface area contributed by atoms with Crippen LogP contribution >= 0.6 is 0 Å². The van der Waals surface area contributed by atoms with Crippen molar-refractivity contribution in [2.24, 2.45) is 0 Å². The average Bonchev–Trinajstić information content (AvgIpc) is 3.40. The Labute approximate surface area is 463 Å². The summed E-state index contributed by atoms with van der Waals surface area (Å²) in [6.45, 7) is 3.84. The van der Waals surface area contributed by atoms with E-state index in [0.717, 1.165) is 64.2 Å². The number of ether oxygens (including phenoxy) is 4. The Morgan fingerprint density at radius 1 is 0.513 bits per heavy atom. The van der Waals surface area contributed by atoms with Crippen molar-refractivity contribution in [3.8, 4) is 0 Å². The maximum Gasteiger partial charge on any atom is 0.397 e. The highest BCUT2D eigenvalue weighted by Crippen LogP contribution is 2.26. The van der Waals surface area contributed by atoms with Gasteiger partial charge in [-0.05, 0) is 64.2 Å². The third-order valence-electron chi connectivity index (χ3n) is 13.5. The summed E-state index contributed by atoms with van der Waals surface area (Å²) in [5.41, 5.74) is 0. The van der Waals surface area contributed by atoms with Crippen molar-refractivity contribution in [3.63, 3.8) is 0 Å². The first-order chi connectivity index (χ1) is 37.1. The molecule has 13 heteroatoms. The Morgan fingerprint density at radius 2 is 0.895 bits per heavy atom. The molecule has 0 saturated carbocycles. The number of rotatable bonds is 53. The molecule has 1 heterocycles. The molecule has 0 spiro atoms. The van der Waals surface area contributed by atoms with Gasteiger partial charge in [0.25, 0.3) is 0 Å². The lowest BCUT2D eigenvalue weighted by Crippen LogP contribution is -2.60. The summed E-state index contributed by atoms with van der Waals surface area (Å²) in [4.78, 5) is 12.9. The fraction of sp³-hybridized carbons (Fsp3) is 0.762. The van der Waals surface area contributed by atoms with Gasteiger partial charge in [-0.15, -0.1) is 0 Å². The monoisotopic (exact) mass is 1090 g/mol. The summed E-state index contributed by atoms with van der Waals surface area (Å²) >= 11 is 0. The van der Waals surface area contributed by atoms with Crippen LogP contribution in [0.3, 0.4) is 0 Å². The van der Waals surface area contributed by atoms with Gasteiger partial charge >= 0.3 is 16.4 Å². The van der Waals surface area contributed by atoms with Gasteiger partial charge in [0, 0.05) is 13.0 Å². The maximum absolute atomic E-state index is 12.9. The second-order valence-corrected chi connectivity index (χ2v) is 21.6. The van der Waals surface area contributed by atoms with Crippen molar-refractivity contribution in [1.29, 1.82) is 0 Å². The highest BCUT2D eigenvalue weighted by Gasteiger charge is 2.48. The van der Waals surface area contributed by atoms with Crippen molar-refractivity contribution in [3.05, 3.63) is 85.1 Å². The number of carbonyl (C=O) groups excluding carboxylic acids is 1. The molecule has 440 valence electrons. The van der Waals surface area contributed by atoms with E-state index in [9.17, 15) is 33.1 Å². The van der Waals surface area contributed by atoms with E-state index >= 15 is 0 Å². The van der Waals surface area contributed by atoms with Crippen molar-refractivity contribution >= 4 is 16.4 Å². The van der Waals surface area contributed by atoms with Gasteiger partial charge in [0.05, 0.1) is 19.8 Å². The second-order valence-electron chi connectivity index (χ2n) is 20.6. The Bertz CT molecular complexity index is 1640. The van der Waals surface area contributed by atoms with Crippen LogP contribution in [0.5, 0.6) is 0 Å². The Morgan fingerprint density at radius 3 is 1.28 bits per heavy atom. The van der Waals surface area contributed by atoms with Gasteiger partial charge in [-0.3, -0.25) is 9.35 Å². The minimum Gasteiger partial charge on any atom is -0.457 e. The summed E-state index contributed by atoms with van der Waals surface area (Å²) in [6.07, 6.45) is 63.5. The summed E-state index contributed by atoms with van der Waals surface area (Å²) in [5, 5.41) is 30.9. The minimum absolute atomic E-state index is 0.0108. The molecule has 4 N–H and O–H groups in total. The lowest BCUT2D eigenvalue weighted by Gasteiger charge is -2.41. The third kappa shape index (κ3) is 45.2. The van der Waals surface area contributed by atoms with Crippen LogP contribution in [-0.2, 0) is 38.3 Å². The highest BCUT2D eigenvalue weighted by atomic mass is 32.3. The number of allylic oxidation sites excluding steroid dienone is 14. The molecule has 1 rings (SSSR count). The van der Waals surface area contributed by atoms with Crippen LogP contribution in [0, 0.1) is 0 Å². The maximum atomic E-state index is 12.9. The molecule has 1 aliphatic rings. The Hall–Kier alpha value is -2.72. The molecule has 0 aliphatic carbocycles. The fourth-order valence-corrected chi connectivity index (χ4v) is 9.53. The van der Waals surface area contributed by atoms with E-state index < -0.39 is 59.8 Å². The van der Waals surface area contributed by atoms with Gasteiger partial charge in [-0.25, -0.2) is 4.18 Å². The lowest BCUT2D eigenvalue weighted by atomic mass is 9.99. The molecule has 0 radical (unpaired) electrons. The lowest BCUT2D eigenvalue weighted by molar-refractivity contribution is -0.301. The second kappa shape index (κ2) is 53.0. The zero-order valence-electron chi connectivity index (χ0n) is 47.8. The minimum atomic E-state index is -5.08. The first-order valence-corrected chi connectivity index (χ1v) is 31.7. The molecule has 0 aromatic rings. The standard InChI is InChI=1S/C63H110O12S/c1-3-5-7-9-11-13-15-17-19-21-23-25-27-28-29-31-33-35-37-39-41-43-45-47-49-51-53-71-55-57(56-72-63-61(67)62(75-76(68,69)70)60(66)58(54-64)74-63)73-59(65)52-50-48-46-44-42-40-38-36-34-32-30-26-24-22-20-18-16-14-12-10-8-6-4-2/h6,8,12,14,18,20,24,26,32,34,38,40,44,46,57-58,60-64,66-67H,3-5,7,9-11,13,15-17,19,21-23,25,27-31,33,35-37,39,41-43,45,47-56H2,1-2H3,(H,68,69,70)/b8-6-,14-12-,20-18-,26-24-,34-32-,40-38-,46-44-. The van der Waals surface area contributed by atoms with Crippen LogP contribution in [0.2, 0.25) is 0 Å². The van der Waals surface area contributed by atoms with E-state index in [2.05, 4.69) is 97.0 Å². The number of esters is 1. The molecule has 1 saturated heterocycles. The number of hydrogen-bond acceptors (Lipinski definition) is 11. The van der Waals surface area contributed by atoms with Crippen molar-refractivity contribution in [1.82, 2.24) is 0 Å². The first-order valence-electron chi connectivity index (χ1n) is 30.3. The van der Waals surface area contributed by atoms with E-state index in [4.69, 9.17) is 18.9 Å². The smallest absolute Gasteiger partial charge is 0.397 e. The molecular weight excluding hydrogens is 981 g/mol. The van der Waals surface area contributed by atoms with Crippen LogP contribution in [0.15, 0.2) is 85.1 Å². The third-order valence-corrected chi connectivity index (χ3v) is 14.0. The Balaban J connectivity index is 2.31. The van der Waals surface area contributed by atoms with Crippen LogP contribution in [0.25, 0.3) is 0 Å². The van der Waals surface area contributed by atoms with Crippen LogP contribution in [0.4, 0.5) is 0 Å². The van der Waals surface area contributed by atoms with Gasteiger partial charge in [-0.2, -0.15) is 8.42 Å². The first kappa shape index (κ1) is 71.3. The molecule has 0 amide bonds. The Kier molecular flexibility index (Phi) is 49.7. The summed E-state index contributed by atoms with van der Waals surface area (Å²) in [5.74, 6) is -0.455. The van der Waals surface area contributed by atoms with Gasteiger partial charge in [0.1, 0.15) is 30.5 Å². The highest BCUT2D eigenvalue weighted by molar-refractivity contribution is 7.80. The number of aliphatic hydroxyl groups is 3. The van der Waals surface area contributed by atoms with Crippen LogP contribution in [-0.4, -0.2) is 97.5 Å². The SMILES string of the molecule is CC/C=C\C/C=C\C/C=C\C/C=C\C/C=C\C/C=C\C/C=C\CCCC(=O)OC(COCCCCCCCCCCCCCCCCCCCCCCCCCCCC)COC1OC(CO)C(O)C(OS(=O)(=O)O)C1O. The number of aliphatic hydroxyl groups excluding tert-OH is 3. The van der Waals surface area contributed by atoms with E-state index in [0.29, 0.717) is 19.4 Å². The van der Waals surface area contributed by atoms with Gasteiger partial charge in [0.2, 0.25) is 0 Å². The van der Waals surface area contributed by atoms with Crippen molar-refractivity contribution < 1.29 is 56.2 Å². The summed E-state index contributed by atoms with van der Waals surface area (Å²) < 4.78 is 59.4. The quantitative estimate of drug-likeness (QED) is 0.0196. The molecule has 1 fully saturated rings. The number of carbonyl (C=O) groups is 1. The molecule has 0 bridgehead atoms. The van der Waals surface area contributed by atoms with Crippen molar-refractivity contribution in [2.75, 3.05) is 26.4 Å². The zero-order chi connectivity index (χ0) is 55.3. The fourth-order valence-electron chi connectivity index (χ4n) is 9.02. The molecule has 0 aromatic heterocycles. The predicted octanol–water partition coefficient (Wildman–Crippen LogP) is 15.5. The van der Waals surface area contributed by atoms with Crippen LogP contribution < -0.4 is 0 Å². The van der Waals surface area contributed by atoms with Gasteiger partial charge in [-0.1, -0.05) is 259 Å². The van der Waals surface area contributed by atoms with Gasteiger partial charge in [0.15, 0.2) is 6.29 Å². The largest absolute Gasteiger partial charge is 0.457 e. The van der Waals surface area contributed by atoms with E-state index in [1.54, 1.807) is 0 Å². The predicted molar refractivity (Wildman–Crippen MR) is 312 cm³/mol. The molecule has 6 atom stereocenters. The number of hydrogen-bond donors (Lipinski definition) is 4. The molecule has 6 unspecified atom stereocenters. The average molecular weight is 1090 g/mol. The zero-order valence-corrected chi connectivity index (χ0v) is 48.6. The number of unbranched alkanes of at least 4 members (excludes halogenated alkanes) is 26. The molecular formula is C63H110O12S. The topological polar surface area (TPSA) is 178 Å². The van der Waals surface area contributed by atoms with E-state index in [1.807, 2.05) is 6.08 Å². The van der Waals surface area contributed by atoms with E-state index in [1.165, 1.54) is 148 Å². The molecule has 12 nitrogen and oxygen atoms in total. The molecule has 76 heavy (non-hydrogen) atoms. The molecule has 0 aromatic carbocycles. The van der Waals surface area contributed by atoms with Crippen LogP contribution in [0.1, 0.15) is 245 Å². The van der Waals surface area contributed by atoms with E-state index in [-0.39, 0.29) is 19.6 Å². The normalized spacial score (nSPS) is 19.2. The summed E-state index contributed by atoms with van der Waals surface area (Å²) in [7, 11) is -5.08. The molecule has 1 aliphatic heterocycles. The van der Waals surface area contributed by atoms with Crippen molar-refractivity contribution in [2.45, 2.75) is 282 Å². The van der Waals surface area contributed by atoms with Gasteiger partial charge < -0.3 is 34.3 Å². The summed E-state index contributed by atoms with van der Waals surface area (Å²) in [6, 6.07) is 0.